The number of carbonyl (C=O) groups excluding carboxylic acids is 1. The number of rotatable bonds is 30. The minimum atomic E-state index is -0.898. The van der Waals surface area contributed by atoms with Crippen LogP contribution in [0, 0.1) is 0 Å². The molecule has 2 nitrogen and oxygen atoms in total. The van der Waals surface area contributed by atoms with Gasteiger partial charge in [0.2, 0.25) is 0 Å². The Hall–Kier alpha value is 0.470. The summed E-state index contributed by atoms with van der Waals surface area (Å²) in [5.41, 5.74) is 0. The van der Waals surface area contributed by atoms with E-state index in [1.54, 1.807) is 0 Å². The van der Waals surface area contributed by atoms with E-state index < -0.39 is 5.97 Å². The first kappa shape index (κ1) is 37.6. The third-order valence-electron chi connectivity index (χ3n) is 7.48. The number of hydrogen-bond acceptors (Lipinski definition) is 2. The predicted octanol–water partition coefficient (Wildman–Crippen LogP) is 7.46. The van der Waals surface area contributed by atoms with E-state index in [1.165, 1.54) is 173 Å². The zero-order chi connectivity index (χ0) is 24.8. The number of carboxylic acid groups (broad SMARTS) is 1. The van der Waals surface area contributed by atoms with Crippen molar-refractivity contribution in [2.24, 2.45) is 0 Å². The number of carboxylic acids is 1. The summed E-state index contributed by atoms with van der Waals surface area (Å²) in [6, 6.07) is 0. The molecule has 0 atom stereocenters. The smallest absolute Gasteiger partial charge is 0.550 e. The van der Waals surface area contributed by atoms with E-state index in [0.717, 1.165) is 12.8 Å². The summed E-state index contributed by atoms with van der Waals surface area (Å²) in [6.45, 7) is 2.30. The molecule has 0 aromatic rings. The molecular weight excluding hydrogens is 439 g/mol. The van der Waals surface area contributed by atoms with E-state index in [4.69, 9.17) is 0 Å². The zero-order valence-electron chi connectivity index (χ0n) is 24.5. The first-order chi connectivity index (χ1) is 16.8. The number of unbranched alkanes of at least 4 members (excludes halogenated alkanes) is 28. The molecular formula is C32H63NaO2. The first-order valence-corrected chi connectivity index (χ1v) is 16.0. The Labute approximate surface area is 243 Å². The molecule has 0 aliphatic heterocycles. The normalized spacial score (nSPS) is 11.0. The van der Waals surface area contributed by atoms with Gasteiger partial charge in [-0.1, -0.05) is 187 Å². The Morgan fingerprint density at radius 3 is 0.714 bits per heavy atom. The molecule has 35 heavy (non-hydrogen) atoms. The molecule has 0 saturated carbocycles. The standard InChI is InChI=1S/C32H64O2.Na/c1-2-3-4-5-6-7-8-9-10-11-12-13-14-15-16-17-18-19-20-21-22-23-24-25-26-27-28-29-30-31-32(33)34;/h2-31H2,1H3,(H,33,34);/q;+1/p-1. The van der Waals surface area contributed by atoms with Crippen LogP contribution in [0.2, 0.25) is 0 Å². The summed E-state index contributed by atoms with van der Waals surface area (Å²) in [6.07, 6.45) is 40.6. The second kappa shape index (κ2) is 34.5. The fourth-order valence-electron chi connectivity index (χ4n) is 5.12. The molecule has 0 aliphatic rings. The summed E-state index contributed by atoms with van der Waals surface area (Å²) in [7, 11) is 0. The largest absolute Gasteiger partial charge is 1.00 e. The second-order valence-electron chi connectivity index (χ2n) is 11.0. The molecule has 0 heterocycles. The zero-order valence-corrected chi connectivity index (χ0v) is 26.5. The molecule has 0 fully saturated rings. The Bertz CT molecular complexity index is 386. The van der Waals surface area contributed by atoms with Crippen LogP contribution in [-0.4, -0.2) is 5.97 Å². The van der Waals surface area contributed by atoms with Crippen molar-refractivity contribution in [2.75, 3.05) is 0 Å². The van der Waals surface area contributed by atoms with Crippen LogP contribution in [0.15, 0.2) is 0 Å². The third-order valence-corrected chi connectivity index (χ3v) is 7.48. The van der Waals surface area contributed by atoms with Gasteiger partial charge in [-0.3, -0.25) is 0 Å². The molecule has 0 bridgehead atoms. The fourth-order valence-corrected chi connectivity index (χ4v) is 5.12. The summed E-state index contributed by atoms with van der Waals surface area (Å²) < 4.78 is 0. The Morgan fingerprint density at radius 2 is 0.543 bits per heavy atom. The SMILES string of the molecule is CCCCCCCCCCCCCCCCCCCCCCCCCCCCCCCC(=O)[O-].[Na+]. The maximum Gasteiger partial charge on any atom is 1.00 e. The molecule has 0 N–H and O–H groups in total. The molecule has 0 rings (SSSR count). The van der Waals surface area contributed by atoms with Gasteiger partial charge in [-0.15, -0.1) is 0 Å². The van der Waals surface area contributed by atoms with Gasteiger partial charge in [-0.2, -0.15) is 0 Å². The van der Waals surface area contributed by atoms with E-state index in [9.17, 15) is 9.90 Å². The predicted molar refractivity (Wildman–Crippen MR) is 149 cm³/mol. The molecule has 0 aromatic carbocycles. The third kappa shape index (κ3) is 36.7. The maximum absolute atomic E-state index is 10.3. The van der Waals surface area contributed by atoms with Crippen molar-refractivity contribution in [3.8, 4) is 0 Å². The molecule has 0 amide bonds. The van der Waals surface area contributed by atoms with E-state index >= 15 is 0 Å². The van der Waals surface area contributed by atoms with Crippen LogP contribution in [0.5, 0.6) is 0 Å². The van der Waals surface area contributed by atoms with Crippen molar-refractivity contribution in [3.63, 3.8) is 0 Å². The van der Waals surface area contributed by atoms with Crippen LogP contribution in [0.25, 0.3) is 0 Å². The van der Waals surface area contributed by atoms with Gasteiger partial charge in [-0.05, 0) is 12.8 Å². The molecule has 0 aliphatic carbocycles. The topological polar surface area (TPSA) is 40.1 Å². The van der Waals surface area contributed by atoms with Gasteiger partial charge in [0.15, 0.2) is 0 Å². The number of carbonyl (C=O) groups is 1. The molecule has 0 radical (unpaired) electrons. The van der Waals surface area contributed by atoms with Gasteiger partial charge in [-0.25, -0.2) is 0 Å². The number of hydrogen-bond donors (Lipinski definition) is 0. The minimum Gasteiger partial charge on any atom is -0.550 e. The van der Waals surface area contributed by atoms with Crippen LogP contribution in [0.1, 0.15) is 200 Å². The van der Waals surface area contributed by atoms with Crippen molar-refractivity contribution >= 4 is 5.97 Å². The van der Waals surface area contributed by atoms with Gasteiger partial charge < -0.3 is 9.90 Å². The summed E-state index contributed by atoms with van der Waals surface area (Å²) in [5, 5.41) is 10.3. The van der Waals surface area contributed by atoms with Crippen molar-refractivity contribution in [1.29, 1.82) is 0 Å². The molecule has 0 saturated heterocycles. The first-order valence-electron chi connectivity index (χ1n) is 16.0. The van der Waals surface area contributed by atoms with Gasteiger partial charge >= 0.3 is 29.6 Å². The van der Waals surface area contributed by atoms with Crippen molar-refractivity contribution in [1.82, 2.24) is 0 Å². The molecule has 0 unspecified atom stereocenters. The van der Waals surface area contributed by atoms with Crippen molar-refractivity contribution < 1.29 is 39.5 Å². The average Bonchev–Trinajstić information content (AvgIpc) is 2.83. The maximum atomic E-state index is 10.3. The summed E-state index contributed by atoms with van der Waals surface area (Å²) >= 11 is 0. The van der Waals surface area contributed by atoms with Crippen LogP contribution in [-0.2, 0) is 4.79 Å². The van der Waals surface area contributed by atoms with Crippen molar-refractivity contribution in [3.05, 3.63) is 0 Å². The Kier molecular flexibility index (Phi) is 37.1. The average molecular weight is 503 g/mol. The second-order valence-corrected chi connectivity index (χ2v) is 11.0. The van der Waals surface area contributed by atoms with Crippen LogP contribution in [0.4, 0.5) is 0 Å². The van der Waals surface area contributed by atoms with Crippen LogP contribution in [0.3, 0.4) is 0 Å². The van der Waals surface area contributed by atoms with Gasteiger partial charge in [0.05, 0.1) is 0 Å². The molecule has 0 spiro atoms. The van der Waals surface area contributed by atoms with E-state index in [1.807, 2.05) is 0 Å². The summed E-state index contributed by atoms with van der Waals surface area (Å²) in [4.78, 5) is 10.3. The van der Waals surface area contributed by atoms with Crippen LogP contribution < -0.4 is 34.7 Å². The van der Waals surface area contributed by atoms with Gasteiger partial charge in [0.25, 0.3) is 0 Å². The molecule has 204 valence electrons. The Balaban J connectivity index is 0. The van der Waals surface area contributed by atoms with E-state index in [2.05, 4.69) is 6.92 Å². The molecule has 3 heteroatoms. The van der Waals surface area contributed by atoms with Crippen LogP contribution >= 0.6 is 0 Å². The monoisotopic (exact) mass is 502 g/mol. The molecule has 0 aromatic heterocycles. The number of aliphatic carboxylic acids is 1. The summed E-state index contributed by atoms with van der Waals surface area (Å²) in [5.74, 6) is -0.898. The quantitative estimate of drug-likeness (QED) is 0.0755. The minimum absolute atomic E-state index is 0. The Morgan fingerprint density at radius 1 is 0.371 bits per heavy atom. The van der Waals surface area contributed by atoms with E-state index in [-0.39, 0.29) is 36.0 Å². The van der Waals surface area contributed by atoms with Gasteiger partial charge in [0.1, 0.15) is 0 Å². The van der Waals surface area contributed by atoms with Gasteiger partial charge in [0, 0.05) is 5.97 Å². The van der Waals surface area contributed by atoms with E-state index in [0.29, 0.717) is 0 Å². The van der Waals surface area contributed by atoms with Crippen molar-refractivity contribution in [2.45, 2.75) is 200 Å². The fraction of sp³-hybridized carbons (Fsp3) is 0.969.